The van der Waals surface area contributed by atoms with E-state index in [0.717, 1.165) is 21.0 Å². The van der Waals surface area contributed by atoms with E-state index in [4.69, 9.17) is 4.74 Å². The third-order valence-electron chi connectivity index (χ3n) is 3.95. The van der Waals surface area contributed by atoms with Gasteiger partial charge >= 0.3 is 0 Å². The van der Waals surface area contributed by atoms with Gasteiger partial charge in [-0.15, -0.1) is 22.7 Å². The summed E-state index contributed by atoms with van der Waals surface area (Å²) in [6, 6.07) is 17.3. The van der Waals surface area contributed by atoms with Gasteiger partial charge in [0.2, 0.25) is 0 Å². The molecule has 0 bridgehead atoms. The van der Waals surface area contributed by atoms with E-state index in [1.165, 1.54) is 0 Å². The first-order valence-corrected chi connectivity index (χ1v) is 10.4. The van der Waals surface area contributed by atoms with Gasteiger partial charge < -0.3 is 10.1 Å². The molecule has 140 valence electrons. The summed E-state index contributed by atoms with van der Waals surface area (Å²) in [5, 5.41) is 6.85. The zero-order chi connectivity index (χ0) is 19.2. The van der Waals surface area contributed by atoms with Gasteiger partial charge in [-0.1, -0.05) is 12.1 Å². The van der Waals surface area contributed by atoms with E-state index in [0.29, 0.717) is 18.1 Å². The van der Waals surface area contributed by atoms with Crippen molar-refractivity contribution >= 4 is 28.6 Å². The topological polar surface area (TPSA) is 64.1 Å². The second-order valence-corrected chi connectivity index (χ2v) is 7.89. The van der Waals surface area contributed by atoms with E-state index in [2.05, 4.69) is 15.3 Å². The van der Waals surface area contributed by atoms with Crippen LogP contribution in [0.15, 0.2) is 71.6 Å². The molecule has 0 aliphatic heterocycles. The molecule has 4 aromatic rings. The molecule has 0 saturated carbocycles. The van der Waals surface area contributed by atoms with Crippen LogP contribution in [0.1, 0.15) is 4.88 Å². The summed E-state index contributed by atoms with van der Waals surface area (Å²) in [6.45, 7) is 0.506. The molecular weight excluding hydrogens is 390 g/mol. The summed E-state index contributed by atoms with van der Waals surface area (Å²) in [4.78, 5) is 23.1. The lowest BCUT2D eigenvalue weighted by Crippen LogP contribution is -2.28. The van der Waals surface area contributed by atoms with Gasteiger partial charge in [0.05, 0.1) is 17.1 Å². The Bertz CT molecular complexity index is 1030. The fourth-order valence-electron chi connectivity index (χ4n) is 2.56. The Morgan fingerprint density at radius 2 is 1.82 bits per heavy atom. The molecule has 0 fully saturated rings. The highest BCUT2D eigenvalue weighted by Crippen LogP contribution is 2.25. The molecule has 0 aliphatic rings. The summed E-state index contributed by atoms with van der Waals surface area (Å²) in [5.74, 6) is 1.14. The highest BCUT2D eigenvalue weighted by molar-refractivity contribution is 7.13. The summed E-state index contributed by atoms with van der Waals surface area (Å²) in [7, 11) is 0. The summed E-state index contributed by atoms with van der Waals surface area (Å²) in [5.41, 5.74) is 1.80. The van der Waals surface area contributed by atoms with Gasteiger partial charge in [0.25, 0.3) is 5.91 Å². The van der Waals surface area contributed by atoms with Gasteiger partial charge in [0.1, 0.15) is 5.75 Å². The zero-order valence-electron chi connectivity index (χ0n) is 14.9. The van der Waals surface area contributed by atoms with Crippen LogP contribution in [0.3, 0.4) is 0 Å². The molecule has 0 aliphatic carbocycles. The van der Waals surface area contributed by atoms with Gasteiger partial charge in [-0.2, -0.15) is 0 Å². The average molecular weight is 408 g/mol. The summed E-state index contributed by atoms with van der Waals surface area (Å²) in [6.07, 6.45) is 1.76. The quantitative estimate of drug-likeness (QED) is 0.485. The van der Waals surface area contributed by atoms with Crippen LogP contribution in [0.25, 0.3) is 22.0 Å². The SMILES string of the molecule is O=C(COc1ccc(-c2nccc(-c3cccs3)n2)cc1)NCc1cccs1. The van der Waals surface area contributed by atoms with E-state index in [-0.39, 0.29) is 12.5 Å². The maximum absolute atomic E-state index is 11.9. The number of rotatable bonds is 7. The monoisotopic (exact) mass is 407 g/mol. The molecule has 3 heterocycles. The van der Waals surface area contributed by atoms with Crippen LogP contribution in [-0.2, 0) is 11.3 Å². The molecule has 0 saturated heterocycles. The lowest BCUT2D eigenvalue weighted by molar-refractivity contribution is -0.123. The van der Waals surface area contributed by atoms with Crippen LogP contribution < -0.4 is 10.1 Å². The Kier molecular flexibility index (Phi) is 5.75. The van der Waals surface area contributed by atoms with Gasteiger partial charge in [0.15, 0.2) is 12.4 Å². The number of benzene rings is 1. The van der Waals surface area contributed by atoms with Gasteiger partial charge in [0, 0.05) is 16.6 Å². The van der Waals surface area contributed by atoms with Crippen molar-refractivity contribution < 1.29 is 9.53 Å². The largest absolute Gasteiger partial charge is 0.484 e. The highest BCUT2D eigenvalue weighted by atomic mass is 32.1. The Morgan fingerprint density at radius 3 is 2.57 bits per heavy atom. The molecular formula is C21H17N3O2S2. The summed E-state index contributed by atoms with van der Waals surface area (Å²) < 4.78 is 5.56. The second kappa shape index (κ2) is 8.77. The van der Waals surface area contributed by atoms with Crippen LogP contribution in [0, 0.1) is 0 Å². The number of nitrogens with zero attached hydrogens (tertiary/aromatic N) is 2. The Morgan fingerprint density at radius 1 is 1.00 bits per heavy atom. The fraction of sp³-hybridized carbons (Fsp3) is 0.0952. The van der Waals surface area contributed by atoms with Crippen LogP contribution in [-0.4, -0.2) is 22.5 Å². The molecule has 4 rings (SSSR count). The van der Waals surface area contributed by atoms with Crippen LogP contribution >= 0.6 is 22.7 Å². The predicted octanol–water partition coefficient (Wildman–Crippen LogP) is 4.63. The van der Waals surface area contributed by atoms with E-state index >= 15 is 0 Å². The molecule has 1 amide bonds. The van der Waals surface area contributed by atoms with Crippen molar-refractivity contribution in [1.29, 1.82) is 0 Å². The number of hydrogen-bond acceptors (Lipinski definition) is 6. The molecule has 1 aromatic carbocycles. The number of ether oxygens (including phenoxy) is 1. The maximum Gasteiger partial charge on any atom is 0.258 e. The third kappa shape index (κ3) is 4.62. The van der Waals surface area contributed by atoms with Gasteiger partial charge in [-0.3, -0.25) is 4.79 Å². The minimum Gasteiger partial charge on any atom is -0.484 e. The van der Waals surface area contributed by atoms with Crippen molar-refractivity contribution in [3.8, 4) is 27.7 Å². The maximum atomic E-state index is 11.9. The van der Waals surface area contributed by atoms with Crippen molar-refractivity contribution in [2.24, 2.45) is 0 Å². The summed E-state index contributed by atoms with van der Waals surface area (Å²) >= 11 is 3.26. The minimum atomic E-state index is -0.149. The number of carbonyl (C=O) groups is 1. The van der Waals surface area contributed by atoms with Crippen LogP contribution in [0.2, 0.25) is 0 Å². The van der Waals surface area contributed by atoms with E-state index in [1.807, 2.05) is 65.4 Å². The second-order valence-electron chi connectivity index (χ2n) is 5.91. The van der Waals surface area contributed by atoms with Gasteiger partial charge in [-0.25, -0.2) is 9.97 Å². The minimum absolute atomic E-state index is 0.0188. The van der Waals surface area contributed by atoms with Crippen molar-refractivity contribution in [2.75, 3.05) is 6.61 Å². The van der Waals surface area contributed by atoms with E-state index in [9.17, 15) is 4.79 Å². The number of hydrogen-bond donors (Lipinski definition) is 1. The zero-order valence-corrected chi connectivity index (χ0v) is 16.5. The molecule has 1 N–H and O–H groups in total. The Hall–Kier alpha value is -3.03. The standard InChI is InChI=1S/C21H17N3O2S2/c25-20(23-13-17-3-1-11-27-17)14-26-16-7-5-15(6-8-16)21-22-10-9-18(24-21)19-4-2-12-28-19/h1-12H,13-14H2,(H,23,25). The first-order chi connectivity index (χ1) is 13.8. The molecule has 7 heteroatoms. The molecule has 0 unspecified atom stereocenters. The molecule has 0 radical (unpaired) electrons. The van der Waals surface area contributed by atoms with Crippen molar-refractivity contribution in [1.82, 2.24) is 15.3 Å². The lowest BCUT2D eigenvalue weighted by Gasteiger charge is -2.08. The van der Waals surface area contributed by atoms with Crippen molar-refractivity contribution in [3.63, 3.8) is 0 Å². The van der Waals surface area contributed by atoms with Crippen LogP contribution in [0.5, 0.6) is 5.75 Å². The predicted molar refractivity (Wildman–Crippen MR) is 112 cm³/mol. The van der Waals surface area contributed by atoms with Crippen molar-refractivity contribution in [3.05, 3.63) is 76.4 Å². The number of carbonyl (C=O) groups excluding carboxylic acids is 1. The normalized spacial score (nSPS) is 10.6. The first-order valence-electron chi connectivity index (χ1n) is 8.67. The fourth-order valence-corrected chi connectivity index (χ4v) is 3.90. The van der Waals surface area contributed by atoms with Crippen molar-refractivity contribution in [2.45, 2.75) is 6.54 Å². The lowest BCUT2D eigenvalue weighted by atomic mass is 10.2. The van der Waals surface area contributed by atoms with Crippen LogP contribution in [0.4, 0.5) is 0 Å². The molecule has 5 nitrogen and oxygen atoms in total. The highest BCUT2D eigenvalue weighted by Gasteiger charge is 2.07. The average Bonchev–Trinajstić information content (AvgIpc) is 3.45. The first kappa shape index (κ1) is 18.3. The van der Waals surface area contributed by atoms with E-state index < -0.39 is 0 Å². The molecule has 28 heavy (non-hydrogen) atoms. The Balaban J connectivity index is 1.35. The molecule has 3 aromatic heterocycles. The molecule has 0 atom stereocenters. The number of amides is 1. The third-order valence-corrected chi connectivity index (χ3v) is 5.72. The van der Waals surface area contributed by atoms with Gasteiger partial charge in [-0.05, 0) is 53.2 Å². The smallest absolute Gasteiger partial charge is 0.258 e. The van der Waals surface area contributed by atoms with E-state index in [1.54, 1.807) is 28.9 Å². The Labute approximate surface area is 170 Å². The number of nitrogens with one attached hydrogen (secondary N) is 1. The molecule has 0 spiro atoms. The number of aromatic nitrogens is 2. The number of thiophene rings is 2.